The Kier molecular flexibility index (Phi) is 6.87. The third-order valence-corrected chi connectivity index (χ3v) is 6.41. The lowest BCUT2D eigenvalue weighted by molar-refractivity contribution is -0.120. The Hall–Kier alpha value is -4.13. The Morgan fingerprint density at radius 3 is 2.51 bits per heavy atom. The molecule has 1 atom stereocenters. The molecule has 1 unspecified atom stereocenters. The van der Waals surface area contributed by atoms with Gasteiger partial charge in [0.05, 0.1) is 18.2 Å². The predicted molar refractivity (Wildman–Crippen MR) is 130 cm³/mol. The summed E-state index contributed by atoms with van der Waals surface area (Å²) in [6, 6.07) is 15.7. The van der Waals surface area contributed by atoms with Crippen LogP contribution in [-0.2, 0) is 17.6 Å². The smallest absolute Gasteiger partial charge is 0.339 e. The molecule has 7 heteroatoms. The molecule has 1 heterocycles. The molecule has 1 amide bonds. The first-order valence-electron chi connectivity index (χ1n) is 11.4. The highest BCUT2D eigenvalue weighted by Crippen LogP contribution is 2.39. The number of aromatic carboxylic acids is 2. The summed E-state index contributed by atoms with van der Waals surface area (Å²) >= 11 is 0. The fraction of sp³-hybridized carbons (Fsp3) is 0.250. The monoisotopic (exact) mass is 473 g/mol. The Morgan fingerprint density at radius 2 is 1.83 bits per heavy atom. The fourth-order valence-corrected chi connectivity index (χ4v) is 4.69. The van der Waals surface area contributed by atoms with E-state index in [2.05, 4.69) is 6.07 Å². The van der Waals surface area contributed by atoms with Gasteiger partial charge in [-0.25, -0.2) is 9.59 Å². The van der Waals surface area contributed by atoms with Gasteiger partial charge in [0, 0.05) is 13.0 Å². The van der Waals surface area contributed by atoms with Crippen molar-refractivity contribution in [1.29, 1.82) is 0 Å². The molecule has 0 aliphatic carbocycles. The molecule has 180 valence electrons. The number of rotatable bonds is 8. The molecule has 0 spiro atoms. The van der Waals surface area contributed by atoms with Crippen LogP contribution < -0.4 is 4.74 Å². The minimum absolute atomic E-state index is 0.0713. The van der Waals surface area contributed by atoms with Crippen LogP contribution in [0.4, 0.5) is 0 Å². The number of fused-ring (bicyclic) bond motifs is 1. The maximum atomic E-state index is 12.0. The first kappa shape index (κ1) is 24.0. The number of nitrogens with zero attached hydrogens (tertiary/aromatic N) is 1. The number of carboxylic acids is 2. The molecular weight excluding hydrogens is 446 g/mol. The second-order valence-corrected chi connectivity index (χ2v) is 8.81. The summed E-state index contributed by atoms with van der Waals surface area (Å²) in [4.78, 5) is 36.9. The highest BCUT2D eigenvalue weighted by atomic mass is 16.5. The van der Waals surface area contributed by atoms with Gasteiger partial charge in [-0.1, -0.05) is 35.9 Å². The number of carbonyl (C=O) groups is 3. The molecule has 1 aliphatic rings. The van der Waals surface area contributed by atoms with E-state index in [1.807, 2.05) is 26.0 Å². The van der Waals surface area contributed by atoms with Crippen LogP contribution in [0, 0.1) is 13.8 Å². The molecule has 4 rings (SSSR count). The number of benzene rings is 3. The van der Waals surface area contributed by atoms with Gasteiger partial charge in [0.25, 0.3) is 0 Å². The molecule has 3 aromatic carbocycles. The van der Waals surface area contributed by atoms with E-state index in [1.54, 1.807) is 35.2 Å². The van der Waals surface area contributed by atoms with Crippen LogP contribution in [0.1, 0.15) is 60.1 Å². The molecule has 0 saturated heterocycles. The summed E-state index contributed by atoms with van der Waals surface area (Å²) in [5.74, 6) is -1.86. The molecule has 7 nitrogen and oxygen atoms in total. The second-order valence-electron chi connectivity index (χ2n) is 8.81. The third kappa shape index (κ3) is 5.04. The van der Waals surface area contributed by atoms with E-state index in [9.17, 15) is 24.6 Å². The van der Waals surface area contributed by atoms with E-state index < -0.39 is 11.9 Å². The highest BCUT2D eigenvalue weighted by molar-refractivity contribution is 5.91. The number of aryl methyl sites for hydroxylation is 2. The van der Waals surface area contributed by atoms with Crippen LogP contribution >= 0.6 is 0 Å². The fourth-order valence-electron chi connectivity index (χ4n) is 4.69. The van der Waals surface area contributed by atoms with Gasteiger partial charge in [0.1, 0.15) is 11.3 Å². The summed E-state index contributed by atoms with van der Waals surface area (Å²) in [5.41, 5.74) is 5.93. The Balaban J connectivity index is 1.68. The van der Waals surface area contributed by atoms with E-state index in [0.717, 1.165) is 39.8 Å². The summed E-state index contributed by atoms with van der Waals surface area (Å²) in [6.45, 7) is 4.69. The van der Waals surface area contributed by atoms with Gasteiger partial charge < -0.3 is 19.8 Å². The van der Waals surface area contributed by atoms with Crippen molar-refractivity contribution in [2.24, 2.45) is 0 Å². The second kappa shape index (κ2) is 10.0. The standard InChI is InChI=1S/C28H27NO6/c1-17-6-7-22(18(2)12-17)26-23-15-25(24(28(33)34)14-20(23)8-10-29(26)16-30)35-11-9-19-4-3-5-21(13-19)27(31)32/h3-7,12-16,26H,8-11H2,1-2H3,(H,31,32)(H,33,34). The topological polar surface area (TPSA) is 104 Å². The maximum absolute atomic E-state index is 12.0. The Morgan fingerprint density at radius 1 is 1.03 bits per heavy atom. The lowest BCUT2D eigenvalue weighted by atomic mass is 9.85. The molecule has 0 radical (unpaired) electrons. The van der Waals surface area contributed by atoms with Crippen molar-refractivity contribution in [2.45, 2.75) is 32.7 Å². The summed E-state index contributed by atoms with van der Waals surface area (Å²) in [7, 11) is 0. The molecule has 1 aliphatic heterocycles. The largest absolute Gasteiger partial charge is 0.492 e. The van der Waals surface area contributed by atoms with Gasteiger partial charge in [-0.15, -0.1) is 0 Å². The van der Waals surface area contributed by atoms with Gasteiger partial charge in [-0.2, -0.15) is 0 Å². The van der Waals surface area contributed by atoms with E-state index in [-0.39, 0.29) is 29.5 Å². The van der Waals surface area contributed by atoms with Crippen molar-refractivity contribution < 1.29 is 29.3 Å². The lowest BCUT2D eigenvalue weighted by Gasteiger charge is -2.36. The van der Waals surface area contributed by atoms with Gasteiger partial charge >= 0.3 is 11.9 Å². The van der Waals surface area contributed by atoms with E-state index in [1.165, 1.54) is 6.07 Å². The summed E-state index contributed by atoms with van der Waals surface area (Å²) in [5, 5.41) is 19.0. The van der Waals surface area contributed by atoms with Gasteiger partial charge in [-0.05, 0) is 72.4 Å². The zero-order valence-electron chi connectivity index (χ0n) is 19.7. The lowest BCUT2D eigenvalue weighted by Crippen LogP contribution is -2.35. The molecule has 2 N–H and O–H groups in total. The number of hydrogen-bond donors (Lipinski definition) is 2. The normalized spacial score (nSPS) is 14.8. The van der Waals surface area contributed by atoms with Gasteiger partial charge in [0.2, 0.25) is 6.41 Å². The molecular formula is C28H27NO6. The van der Waals surface area contributed by atoms with Crippen molar-refractivity contribution >= 4 is 18.3 Å². The van der Waals surface area contributed by atoms with Crippen molar-refractivity contribution in [2.75, 3.05) is 13.2 Å². The minimum atomic E-state index is -1.09. The number of amides is 1. The highest BCUT2D eigenvalue weighted by Gasteiger charge is 2.31. The number of ether oxygens (including phenoxy) is 1. The van der Waals surface area contributed by atoms with E-state index >= 15 is 0 Å². The predicted octanol–water partition coefficient (Wildman–Crippen LogP) is 4.43. The van der Waals surface area contributed by atoms with Gasteiger partial charge in [0.15, 0.2) is 0 Å². The van der Waals surface area contributed by atoms with Crippen molar-refractivity contribution in [3.63, 3.8) is 0 Å². The summed E-state index contributed by atoms with van der Waals surface area (Å²) < 4.78 is 5.94. The van der Waals surface area contributed by atoms with Crippen molar-refractivity contribution in [1.82, 2.24) is 4.90 Å². The molecule has 0 bridgehead atoms. The minimum Gasteiger partial charge on any atom is -0.492 e. The number of carbonyl (C=O) groups excluding carboxylic acids is 1. The van der Waals surface area contributed by atoms with Crippen molar-refractivity contribution in [3.05, 3.63) is 99.1 Å². The van der Waals surface area contributed by atoms with Crippen LogP contribution in [0.3, 0.4) is 0 Å². The average molecular weight is 474 g/mol. The quantitative estimate of drug-likeness (QED) is 0.469. The number of hydrogen-bond acceptors (Lipinski definition) is 4. The Labute approximate surface area is 203 Å². The third-order valence-electron chi connectivity index (χ3n) is 6.41. The zero-order valence-corrected chi connectivity index (χ0v) is 19.7. The van der Waals surface area contributed by atoms with Crippen LogP contribution in [0.2, 0.25) is 0 Å². The molecule has 0 saturated carbocycles. The van der Waals surface area contributed by atoms with Crippen molar-refractivity contribution in [3.8, 4) is 5.75 Å². The van der Waals surface area contributed by atoms with E-state index in [0.29, 0.717) is 19.4 Å². The molecule has 3 aromatic rings. The van der Waals surface area contributed by atoms with Gasteiger partial charge in [-0.3, -0.25) is 4.79 Å². The van der Waals surface area contributed by atoms with Crippen LogP contribution in [0.5, 0.6) is 5.75 Å². The average Bonchev–Trinajstić information content (AvgIpc) is 2.83. The van der Waals surface area contributed by atoms with Crippen LogP contribution in [-0.4, -0.2) is 46.6 Å². The first-order valence-corrected chi connectivity index (χ1v) is 11.4. The molecule has 35 heavy (non-hydrogen) atoms. The van der Waals surface area contributed by atoms with E-state index in [4.69, 9.17) is 4.74 Å². The molecule has 0 aromatic heterocycles. The zero-order chi connectivity index (χ0) is 25.1. The van der Waals surface area contributed by atoms with Crippen LogP contribution in [0.25, 0.3) is 0 Å². The van der Waals surface area contributed by atoms with Crippen LogP contribution in [0.15, 0.2) is 54.6 Å². The maximum Gasteiger partial charge on any atom is 0.339 e. The Bertz CT molecular complexity index is 1300. The summed E-state index contributed by atoms with van der Waals surface area (Å²) in [6.07, 6.45) is 1.81. The SMILES string of the molecule is Cc1ccc(C2c3cc(OCCc4cccc(C(=O)O)c4)c(C(=O)O)cc3CCN2C=O)c(C)c1. The molecule has 0 fully saturated rings. The first-order chi connectivity index (χ1) is 16.8. The number of carboxylic acid groups (broad SMARTS) is 2.